The van der Waals surface area contributed by atoms with Crippen molar-refractivity contribution in [3.8, 4) is 0 Å². The van der Waals surface area contributed by atoms with E-state index < -0.39 is 0 Å². The molecule has 0 aliphatic carbocycles. The van der Waals surface area contributed by atoms with Gasteiger partial charge in [-0.3, -0.25) is 0 Å². The first-order valence-electron chi connectivity index (χ1n) is 4.63. The van der Waals surface area contributed by atoms with E-state index in [1.54, 1.807) is 21.3 Å². The Bertz CT molecular complexity index is 139. The fourth-order valence-corrected chi connectivity index (χ4v) is 1.87. The molecule has 0 aromatic heterocycles. The molecule has 78 valence electrons. The second-order valence-corrected chi connectivity index (χ2v) is 3.27. The smallest absolute Gasteiger partial charge is 0.218 e. The van der Waals surface area contributed by atoms with Crippen molar-refractivity contribution >= 4 is 0 Å². The highest BCUT2D eigenvalue weighted by Crippen LogP contribution is 2.20. The Hall–Kier alpha value is -0.160. The van der Waals surface area contributed by atoms with Crippen molar-refractivity contribution in [3.05, 3.63) is 0 Å². The van der Waals surface area contributed by atoms with Crippen LogP contribution in [0.2, 0.25) is 0 Å². The second-order valence-electron chi connectivity index (χ2n) is 3.27. The number of hydrogen-bond donors (Lipinski definition) is 0. The van der Waals surface area contributed by atoms with Crippen LogP contribution in [0.15, 0.2) is 0 Å². The molecule has 0 aromatic carbocycles. The molecular weight excluding hydrogens is 170 g/mol. The van der Waals surface area contributed by atoms with Crippen molar-refractivity contribution in [1.82, 2.24) is 4.90 Å². The average Bonchev–Trinajstić information content (AvgIpc) is 2.57. The number of rotatable bonds is 5. The maximum Gasteiger partial charge on any atom is 0.218 e. The summed E-state index contributed by atoms with van der Waals surface area (Å²) in [5.41, 5.74) is 0. The van der Waals surface area contributed by atoms with Crippen LogP contribution in [-0.4, -0.2) is 51.8 Å². The Morgan fingerprint density at radius 2 is 2.00 bits per heavy atom. The van der Waals surface area contributed by atoms with E-state index in [1.807, 2.05) is 0 Å². The Labute approximate surface area is 79.8 Å². The summed E-state index contributed by atoms with van der Waals surface area (Å²) >= 11 is 0. The van der Waals surface area contributed by atoms with Gasteiger partial charge in [0.05, 0.1) is 6.61 Å². The lowest BCUT2D eigenvalue weighted by Gasteiger charge is -2.29. The number of ether oxygens (including phenoxy) is 3. The molecule has 1 rings (SSSR count). The molecule has 0 radical (unpaired) electrons. The summed E-state index contributed by atoms with van der Waals surface area (Å²) in [6.07, 6.45) is 2.14. The van der Waals surface area contributed by atoms with Crippen molar-refractivity contribution in [1.29, 1.82) is 0 Å². The fourth-order valence-electron chi connectivity index (χ4n) is 1.87. The number of hydrogen-bond acceptors (Lipinski definition) is 4. The molecule has 1 heterocycles. The van der Waals surface area contributed by atoms with Gasteiger partial charge in [0.2, 0.25) is 6.41 Å². The zero-order valence-corrected chi connectivity index (χ0v) is 8.66. The van der Waals surface area contributed by atoms with Crippen molar-refractivity contribution in [2.24, 2.45) is 0 Å². The molecule has 0 aromatic rings. The predicted molar refractivity (Wildman–Crippen MR) is 49.4 cm³/mol. The summed E-state index contributed by atoms with van der Waals surface area (Å²) < 4.78 is 15.6. The summed E-state index contributed by atoms with van der Waals surface area (Å²) in [5, 5.41) is 0. The molecule has 0 amide bonds. The molecule has 0 saturated carbocycles. The SMILES string of the molecule is COC[C@@H]1CCCN1C(OC)OC. The Morgan fingerprint density at radius 3 is 2.54 bits per heavy atom. The lowest BCUT2D eigenvalue weighted by Crippen LogP contribution is -2.43. The molecular formula is C9H19NO3. The van der Waals surface area contributed by atoms with Crippen LogP contribution in [0.4, 0.5) is 0 Å². The van der Waals surface area contributed by atoms with Gasteiger partial charge in [-0.1, -0.05) is 0 Å². The van der Waals surface area contributed by atoms with E-state index in [2.05, 4.69) is 4.90 Å². The molecule has 1 atom stereocenters. The molecule has 1 aliphatic heterocycles. The van der Waals surface area contributed by atoms with Gasteiger partial charge in [0.1, 0.15) is 0 Å². The molecule has 4 heteroatoms. The van der Waals surface area contributed by atoms with Gasteiger partial charge in [-0.25, -0.2) is 4.90 Å². The first-order chi connectivity index (χ1) is 6.33. The first kappa shape index (κ1) is 10.9. The monoisotopic (exact) mass is 189 g/mol. The van der Waals surface area contributed by atoms with Crippen molar-refractivity contribution in [3.63, 3.8) is 0 Å². The van der Waals surface area contributed by atoms with E-state index >= 15 is 0 Å². The van der Waals surface area contributed by atoms with Gasteiger partial charge < -0.3 is 14.2 Å². The first-order valence-corrected chi connectivity index (χ1v) is 4.63. The summed E-state index contributed by atoms with van der Waals surface area (Å²) in [6.45, 7) is 1.78. The third-order valence-corrected chi connectivity index (χ3v) is 2.46. The Morgan fingerprint density at radius 1 is 1.31 bits per heavy atom. The molecule has 4 nitrogen and oxygen atoms in total. The van der Waals surface area contributed by atoms with Gasteiger partial charge in [0.15, 0.2) is 0 Å². The standard InChI is InChI=1S/C9H19NO3/c1-11-7-8-5-4-6-10(8)9(12-2)13-3/h8-9H,4-7H2,1-3H3/t8-/m0/s1. The molecule has 0 unspecified atom stereocenters. The molecule has 1 fully saturated rings. The van der Waals surface area contributed by atoms with Gasteiger partial charge in [-0.2, -0.15) is 0 Å². The number of likely N-dealkylation sites (tertiary alicyclic amines) is 1. The van der Waals surface area contributed by atoms with Gasteiger partial charge in [0.25, 0.3) is 0 Å². The maximum atomic E-state index is 5.21. The van der Waals surface area contributed by atoms with E-state index in [1.165, 1.54) is 6.42 Å². The van der Waals surface area contributed by atoms with Crippen LogP contribution in [0.5, 0.6) is 0 Å². The van der Waals surface area contributed by atoms with Crippen LogP contribution in [0.1, 0.15) is 12.8 Å². The van der Waals surface area contributed by atoms with Crippen LogP contribution >= 0.6 is 0 Å². The molecule has 0 bridgehead atoms. The van der Waals surface area contributed by atoms with Crippen molar-refractivity contribution < 1.29 is 14.2 Å². The minimum atomic E-state index is -0.220. The highest BCUT2D eigenvalue weighted by atomic mass is 16.7. The fraction of sp³-hybridized carbons (Fsp3) is 1.00. The molecule has 1 saturated heterocycles. The third kappa shape index (κ3) is 2.64. The van der Waals surface area contributed by atoms with Gasteiger partial charge in [0, 0.05) is 33.9 Å². The second kappa shape index (κ2) is 5.54. The lowest BCUT2D eigenvalue weighted by atomic mass is 10.2. The molecule has 1 aliphatic rings. The van der Waals surface area contributed by atoms with Gasteiger partial charge in [-0.05, 0) is 12.8 Å². The van der Waals surface area contributed by atoms with Crippen LogP contribution in [-0.2, 0) is 14.2 Å². The van der Waals surface area contributed by atoms with E-state index in [4.69, 9.17) is 14.2 Å². The van der Waals surface area contributed by atoms with Gasteiger partial charge >= 0.3 is 0 Å². The predicted octanol–water partition coefficient (Wildman–Crippen LogP) is 0.674. The third-order valence-electron chi connectivity index (χ3n) is 2.46. The zero-order chi connectivity index (χ0) is 9.68. The minimum Gasteiger partial charge on any atom is -0.383 e. The number of nitrogens with zero attached hydrogens (tertiary/aromatic N) is 1. The summed E-state index contributed by atoms with van der Waals surface area (Å²) in [4.78, 5) is 2.20. The molecule has 0 N–H and O–H groups in total. The Balaban J connectivity index is 2.45. The van der Waals surface area contributed by atoms with E-state index in [-0.39, 0.29) is 6.41 Å². The van der Waals surface area contributed by atoms with Crippen LogP contribution < -0.4 is 0 Å². The van der Waals surface area contributed by atoms with Crippen molar-refractivity contribution in [2.45, 2.75) is 25.3 Å². The maximum absolute atomic E-state index is 5.21. The van der Waals surface area contributed by atoms with Crippen LogP contribution in [0, 0.1) is 0 Å². The minimum absolute atomic E-state index is 0.220. The van der Waals surface area contributed by atoms with E-state index in [0.717, 1.165) is 19.6 Å². The summed E-state index contributed by atoms with van der Waals surface area (Å²) in [7, 11) is 5.05. The largest absolute Gasteiger partial charge is 0.383 e. The Kier molecular flexibility index (Phi) is 4.66. The summed E-state index contributed by atoms with van der Waals surface area (Å²) in [5.74, 6) is 0. The highest BCUT2D eigenvalue weighted by Gasteiger charge is 2.30. The van der Waals surface area contributed by atoms with Gasteiger partial charge in [-0.15, -0.1) is 0 Å². The van der Waals surface area contributed by atoms with Crippen LogP contribution in [0.3, 0.4) is 0 Å². The van der Waals surface area contributed by atoms with E-state index in [0.29, 0.717) is 6.04 Å². The lowest BCUT2D eigenvalue weighted by molar-refractivity contribution is -0.203. The van der Waals surface area contributed by atoms with Crippen LogP contribution in [0.25, 0.3) is 0 Å². The molecule has 13 heavy (non-hydrogen) atoms. The normalized spacial score (nSPS) is 24.5. The quantitative estimate of drug-likeness (QED) is 0.595. The van der Waals surface area contributed by atoms with Crippen molar-refractivity contribution in [2.75, 3.05) is 34.5 Å². The zero-order valence-electron chi connectivity index (χ0n) is 8.66. The summed E-state index contributed by atoms with van der Waals surface area (Å²) in [6, 6.07) is 0.440. The van der Waals surface area contributed by atoms with E-state index in [9.17, 15) is 0 Å². The average molecular weight is 189 g/mol. The highest BCUT2D eigenvalue weighted by molar-refractivity contribution is 4.78. The molecule has 0 spiro atoms. The topological polar surface area (TPSA) is 30.9 Å². The number of methoxy groups -OCH3 is 3.